The molecular formula is C12H20Cl2N4O. The van der Waals surface area contributed by atoms with E-state index >= 15 is 0 Å². The number of anilines is 1. The minimum Gasteiger partial charge on any atom is -0.397 e. The number of likely N-dealkylation sites (N-methyl/N-ethyl adjacent to an activating group) is 1. The van der Waals surface area contributed by atoms with Gasteiger partial charge in [0.1, 0.15) is 5.69 Å². The molecule has 1 aliphatic rings. The SMILES string of the molecule is CCN1CCN(C(=O)c2ccc(N)cn2)CC1.Cl.Cl. The summed E-state index contributed by atoms with van der Waals surface area (Å²) in [5, 5.41) is 0. The predicted molar refractivity (Wildman–Crippen MR) is 81.2 cm³/mol. The van der Waals surface area contributed by atoms with Crippen LogP contribution in [0.4, 0.5) is 5.69 Å². The van der Waals surface area contributed by atoms with Crippen LogP contribution in [0.1, 0.15) is 17.4 Å². The van der Waals surface area contributed by atoms with E-state index in [4.69, 9.17) is 5.73 Å². The topological polar surface area (TPSA) is 62.5 Å². The summed E-state index contributed by atoms with van der Waals surface area (Å²) in [6, 6.07) is 3.40. The molecule has 0 atom stereocenters. The lowest BCUT2D eigenvalue weighted by molar-refractivity contribution is 0.0637. The highest BCUT2D eigenvalue weighted by molar-refractivity contribution is 5.92. The second kappa shape index (κ2) is 8.19. The van der Waals surface area contributed by atoms with Crippen molar-refractivity contribution < 1.29 is 4.79 Å². The Hall–Kier alpha value is -1.04. The van der Waals surface area contributed by atoms with Gasteiger partial charge in [0.25, 0.3) is 5.91 Å². The van der Waals surface area contributed by atoms with Crippen molar-refractivity contribution in [2.45, 2.75) is 6.92 Å². The first kappa shape index (κ1) is 18.0. The quantitative estimate of drug-likeness (QED) is 0.894. The van der Waals surface area contributed by atoms with Crippen LogP contribution in [0.15, 0.2) is 18.3 Å². The van der Waals surface area contributed by atoms with Gasteiger partial charge < -0.3 is 15.5 Å². The summed E-state index contributed by atoms with van der Waals surface area (Å²) in [5.41, 5.74) is 6.60. The molecule has 7 heteroatoms. The maximum atomic E-state index is 12.1. The number of hydrogen-bond acceptors (Lipinski definition) is 4. The van der Waals surface area contributed by atoms with Crippen LogP contribution in [0, 0.1) is 0 Å². The number of pyridine rings is 1. The van der Waals surface area contributed by atoms with E-state index in [2.05, 4.69) is 16.8 Å². The van der Waals surface area contributed by atoms with Crippen molar-refractivity contribution in [3.63, 3.8) is 0 Å². The maximum absolute atomic E-state index is 12.1. The van der Waals surface area contributed by atoms with E-state index in [1.165, 1.54) is 6.20 Å². The Morgan fingerprint density at radius 3 is 2.37 bits per heavy atom. The van der Waals surface area contributed by atoms with Crippen LogP contribution in [0.5, 0.6) is 0 Å². The number of carbonyl (C=O) groups is 1. The Balaban J connectivity index is 0.00000162. The highest BCUT2D eigenvalue weighted by Gasteiger charge is 2.21. The van der Waals surface area contributed by atoms with Crippen molar-refractivity contribution in [3.8, 4) is 0 Å². The zero-order valence-corrected chi connectivity index (χ0v) is 12.5. The third kappa shape index (κ3) is 4.53. The minimum atomic E-state index is 0. The van der Waals surface area contributed by atoms with Crippen LogP contribution < -0.4 is 5.73 Å². The molecule has 1 aromatic rings. The van der Waals surface area contributed by atoms with Gasteiger partial charge in [-0.15, -0.1) is 24.8 Å². The van der Waals surface area contributed by atoms with Gasteiger partial charge in [-0.25, -0.2) is 4.98 Å². The molecule has 1 amide bonds. The summed E-state index contributed by atoms with van der Waals surface area (Å²) >= 11 is 0. The smallest absolute Gasteiger partial charge is 0.272 e. The first-order valence-corrected chi connectivity index (χ1v) is 5.94. The second-order valence-corrected chi connectivity index (χ2v) is 4.20. The van der Waals surface area contributed by atoms with E-state index < -0.39 is 0 Å². The molecule has 2 rings (SSSR count). The van der Waals surface area contributed by atoms with Gasteiger partial charge in [0.05, 0.1) is 11.9 Å². The molecule has 0 unspecified atom stereocenters. The summed E-state index contributed by atoms with van der Waals surface area (Å²) < 4.78 is 0. The molecule has 2 heterocycles. The largest absolute Gasteiger partial charge is 0.397 e. The molecule has 0 bridgehead atoms. The monoisotopic (exact) mass is 306 g/mol. The number of nitrogen functional groups attached to an aromatic ring is 1. The molecule has 0 aliphatic carbocycles. The molecule has 108 valence electrons. The standard InChI is InChI=1S/C12H18N4O.2ClH/c1-2-15-5-7-16(8-6-15)12(17)11-4-3-10(13)9-14-11;;/h3-4,9H,2,5-8,13H2,1H3;2*1H. The second-order valence-electron chi connectivity index (χ2n) is 4.20. The third-order valence-corrected chi connectivity index (χ3v) is 3.11. The molecule has 1 fully saturated rings. The van der Waals surface area contributed by atoms with E-state index in [0.717, 1.165) is 32.7 Å². The van der Waals surface area contributed by atoms with Crippen molar-refractivity contribution in [2.75, 3.05) is 38.5 Å². The Morgan fingerprint density at radius 1 is 1.26 bits per heavy atom. The Labute approximate surface area is 126 Å². The zero-order valence-electron chi connectivity index (χ0n) is 10.9. The van der Waals surface area contributed by atoms with E-state index in [-0.39, 0.29) is 30.7 Å². The molecule has 5 nitrogen and oxygen atoms in total. The lowest BCUT2D eigenvalue weighted by atomic mass is 10.2. The number of amides is 1. The van der Waals surface area contributed by atoms with Crippen LogP contribution in [-0.4, -0.2) is 53.4 Å². The van der Waals surface area contributed by atoms with Gasteiger partial charge in [-0.3, -0.25) is 4.79 Å². The van der Waals surface area contributed by atoms with Gasteiger partial charge in [0.15, 0.2) is 0 Å². The average molecular weight is 307 g/mol. The van der Waals surface area contributed by atoms with Gasteiger partial charge in [-0.2, -0.15) is 0 Å². The van der Waals surface area contributed by atoms with E-state index in [1.807, 2.05) is 4.90 Å². The number of aromatic nitrogens is 1. The van der Waals surface area contributed by atoms with Crippen LogP contribution in [-0.2, 0) is 0 Å². The summed E-state index contributed by atoms with van der Waals surface area (Å²) in [6.07, 6.45) is 1.52. The van der Waals surface area contributed by atoms with E-state index in [1.54, 1.807) is 12.1 Å². The minimum absolute atomic E-state index is 0. The van der Waals surface area contributed by atoms with Gasteiger partial charge in [0.2, 0.25) is 0 Å². The number of hydrogen-bond donors (Lipinski definition) is 1. The van der Waals surface area contributed by atoms with Crippen molar-refractivity contribution in [2.24, 2.45) is 0 Å². The molecule has 1 aliphatic heterocycles. The van der Waals surface area contributed by atoms with E-state index in [0.29, 0.717) is 11.4 Å². The van der Waals surface area contributed by atoms with Crippen LogP contribution in [0.2, 0.25) is 0 Å². The molecular weight excluding hydrogens is 287 g/mol. The fraction of sp³-hybridized carbons (Fsp3) is 0.500. The molecule has 0 saturated carbocycles. The van der Waals surface area contributed by atoms with Crippen molar-refractivity contribution in [1.29, 1.82) is 0 Å². The van der Waals surface area contributed by atoms with Crippen molar-refractivity contribution >= 4 is 36.4 Å². The maximum Gasteiger partial charge on any atom is 0.272 e. The lowest BCUT2D eigenvalue weighted by Crippen LogP contribution is -2.48. The normalized spacial score (nSPS) is 15.3. The molecule has 2 N–H and O–H groups in total. The summed E-state index contributed by atoms with van der Waals surface area (Å²) in [4.78, 5) is 20.4. The fourth-order valence-corrected chi connectivity index (χ4v) is 1.96. The number of rotatable bonds is 2. The first-order valence-electron chi connectivity index (χ1n) is 5.94. The van der Waals surface area contributed by atoms with Crippen LogP contribution in [0.3, 0.4) is 0 Å². The molecule has 0 radical (unpaired) electrons. The van der Waals surface area contributed by atoms with Crippen molar-refractivity contribution in [3.05, 3.63) is 24.0 Å². The number of nitrogens with two attached hydrogens (primary N) is 1. The van der Waals surface area contributed by atoms with Gasteiger partial charge in [-0.05, 0) is 18.7 Å². The number of halogens is 2. The van der Waals surface area contributed by atoms with Gasteiger partial charge >= 0.3 is 0 Å². The summed E-state index contributed by atoms with van der Waals surface area (Å²) in [7, 11) is 0. The fourth-order valence-electron chi connectivity index (χ4n) is 1.96. The average Bonchev–Trinajstić information content (AvgIpc) is 2.39. The molecule has 0 aromatic carbocycles. The number of carbonyl (C=O) groups excluding carboxylic acids is 1. The summed E-state index contributed by atoms with van der Waals surface area (Å²) in [5.74, 6) is 0.000697. The summed E-state index contributed by atoms with van der Waals surface area (Å²) in [6.45, 7) is 6.62. The third-order valence-electron chi connectivity index (χ3n) is 3.11. The highest BCUT2D eigenvalue weighted by atomic mass is 35.5. The first-order chi connectivity index (χ1) is 8.20. The molecule has 1 saturated heterocycles. The number of nitrogens with zero attached hydrogens (tertiary/aromatic N) is 3. The Morgan fingerprint density at radius 2 is 1.89 bits per heavy atom. The molecule has 1 aromatic heterocycles. The van der Waals surface area contributed by atoms with E-state index in [9.17, 15) is 4.79 Å². The Bertz CT molecular complexity index is 391. The van der Waals surface area contributed by atoms with Gasteiger partial charge in [0, 0.05) is 26.2 Å². The molecule has 0 spiro atoms. The number of piperazine rings is 1. The lowest BCUT2D eigenvalue weighted by Gasteiger charge is -2.33. The van der Waals surface area contributed by atoms with Crippen LogP contribution >= 0.6 is 24.8 Å². The predicted octanol–water partition coefficient (Wildman–Crippen LogP) is 1.29. The van der Waals surface area contributed by atoms with Crippen LogP contribution in [0.25, 0.3) is 0 Å². The Kier molecular flexibility index (Phi) is 7.75. The van der Waals surface area contributed by atoms with Crippen molar-refractivity contribution in [1.82, 2.24) is 14.8 Å². The molecule has 19 heavy (non-hydrogen) atoms. The highest BCUT2D eigenvalue weighted by Crippen LogP contribution is 2.08. The van der Waals surface area contributed by atoms with Gasteiger partial charge in [-0.1, -0.05) is 6.92 Å². The zero-order chi connectivity index (χ0) is 12.3.